The molecule has 1 aliphatic heterocycles. The quantitative estimate of drug-likeness (QED) is 0.674. The zero-order chi connectivity index (χ0) is 18.4. The Morgan fingerprint density at radius 1 is 1.12 bits per heavy atom. The third-order valence-electron chi connectivity index (χ3n) is 5.27. The lowest BCUT2D eigenvalue weighted by Crippen LogP contribution is -2.29. The van der Waals surface area contributed by atoms with Crippen molar-refractivity contribution in [2.24, 2.45) is 5.92 Å². The highest BCUT2D eigenvalue weighted by Gasteiger charge is 2.42. The average Bonchev–Trinajstić information content (AvgIpc) is 3.12. The number of aromatic hydroxyl groups is 1. The smallest absolute Gasteiger partial charge is 0.142 e. The van der Waals surface area contributed by atoms with Crippen molar-refractivity contribution in [3.8, 4) is 17.2 Å². The maximum absolute atomic E-state index is 10.6. The third kappa shape index (κ3) is 2.60. The van der Waals surface area contributed by atoms with E-state index in [1.165, 1.54) is 0 Å². The van der Waals surface area contributed by atoms with E-state index >= 15 is 0 Å². The van der Waals surface area contributed by atoms with E-state index in [1.54, 1.807) is 26.4 Å². The minimum Gasteiger partial charge on any atom is -0.506 e. The molecule has 26 heavy (non-hydrogen) atoms. The van der Waals surface area contributed by atoms with Gasteiger partial charge in [-0.15, -0.1) is 0 Å². The summed E-state index contributed by atoms with van der Waals surface area (Å²) >= 11 is 12.4. The summed E-state index contributed by atoms with van der Waals surface area (Å²) in [5.74, 6) is 1.98. The lowest BCUT2D eigenvalue weighted by atomic mass is 9.76. The van der Waals surface area contributed by atoms with Gasteiger partial charge < -0.3 is 19.9 Å². The summed E-state index contributed by atoms with van der Waals surface area (Å²) in [7, 11) is 3.31. The molecule has 1 heterocycles. The van der Waals surface area contributed by atoms with Crippen LogP contribution in [0.25, 0.3) is 0 Å². The first-order chi connectivity index (χ1) is 12.5. The molecular formula is C20H19Cl2NO3. The van der Waals surface area contributed by atoms with Crippen molar-refractivity contribution in [3.63, 3.8) is 0 Å². The van der Waals surface area contributed by atoms with Gasteiger partial charge in [-0.3, -0.25) is 0 Å². The minimum absolute atomic E-state index is 0.0597. The molecule has 2 aliphatic rings. The summed E-state index contributed by atoms with van der Waals surface area (Å²) in [5.41, 5.74) is 2.64. The number of ether oxygens (including phenoxy) is 2. The second-order valence-electron chi connectivity index (χ2n) is 6.56. The predicted octanol–water partition coefficient (Wildman–Crippen LogP) is 5.54. The highest BCUT2D eigenvalue weighted by molar-refractivity contribution is 6.35. The molecule has 3 atom stereocenters. The van der Waals surface area contributed by atoms with E-state index in [4.69, 9.17) is 32.7 Å². The molecule has 0 aromatic heterocycles. The fourth-order valence-corrected chi connectivity index (χ4v) is 4.64. The van der Waals surface area contributed by atoms with Gasteiger partial charge in [-0.05, 0) is 36.6 Å². The summed E-state index contributed by atoms with van der Waals surface area (Å²) < 4.78 is 11.2. The van der Waals surface area contributed by atoms with Gasteiger partial charge in [0, 0.05) is 22.1 Å². The molecule has 6 heteroatoms. The standard InChI is InChI=1S/C20H19Cl2NO3/c1-25-15-6-7-16(26-2)19-17(15)11-4-3-5-12(11)18(23-19)13-8-10(21)9-14(22)20(13)24/h3-4,6-9,11-12,18,23-24H,5H2,1-2H3. The molecule has 0 saturated heterocycles. The van der Waals surface area contributed by atoms with Gasteiger partial charge in [-0.1, -0.05) is 35.4 Å². The van der Waals surface area contributed by atoms with Gasteiger partial charge in [-0.25, -0.2) is 0 Å². The number of anilines is 1. The van der Waals surface area contributed by atoms with Crippen molar-refractivity contribution in [2.45, 2.75) is 18.4 Å². The molecule has 2 aromatic rings. The summed E-state index contributed by atoms with van der Waals surface area (Å²) in [6, 6.07) is 6.97. The van der Waals surface area contributed by atoms with Crippen LogP contribution in [0.3, 0.4) is 0 Å². The Balaban J connectivity index is 1.90. The molecule has 1 aliphatic carbocycles. The molecule has 0 fully saturated rings. The second-order valence-corrected chi connectivity index (χ2v) is 7.40. The highest BCUT2D eigenvalue weighted by atomic mass is 35.5. The Morgan fingerprint density at radius 2 is 1.85 bits per heavy atom. The number of allylic oxidation sites excluding steroid dienone is 2. The van der Waals surface area contributed by atoms with Crippen LogP contribution >= 0.6 is 23.2 Å². The van der Waals surface area contributed by atoms with Gasteiger partial charge >= 0.3 is 0 Å². The van der Waals surface area contributed by atoms with Crippen molar-refractivity contribution in [3.05, 3.63) is 57.6 Å². The third-order valence-corrected chi connectivity index (χ3v) is 5.78. The van der Waals surface area contributed by atoms with Crippen LogP contribution in [0, 0.1) is 5.92 Å². The van der Waals surface area contributed by atoms with Gasteiger partial charge in [0.2, 0.25) is 0 Å². The van der Waals surface area contributed by atoms with Crippen LogP contribution in [0.4, 0.5) is 5.69 Å². The fourth-order valence-electron chi connectivity index (χ4n) is 4.13. The molecule has 4 rings (SSSR count). The molecule has 3 unspecified atom stereocenters. The van der Waals surface area contributed by atoms with Crippen LogP contribution in [0.1, 0.15) is 29.5 Å². The number of hydrogen-bond acceptors (Lipinski definition) is 4. The molecule has 0 saturated carbocycles. The number of hydrogen-bond donors (Lipinski definition) is 2. The van der Waals surface area contributed by atoms with Crippen LogP contribution < -0.4 is 14.8 Å². The van der Waals surface area contributed by atoms with E-state index in [-0.39, 0.29) is 28.6 Å². The number of fused-ring (bicyclic) bond motifs is 3. The number of nitrogens with one attached hydrogen (secondary N) is 1. The van der Waals surface area contributed by atoms with Gasteiger partial charge in [0.1, 0.15) is 17.2 Å². The van der Waals surface area contributed by atoms with E-state index in [0.717, 1.165) is 29.2 Å². The topological polar surface area (TPSA) is 50.7 Å². The van der Waals surface area contributed by atoms with E-state index in [1.807, 2.05) is 12.1 Å². The molecular weight excluding hydrogens is 373 g/mol. The van der Waals surface area contributed by atoms with Crippen LogP contribution in [0.15, 0.2) is 36.4 Å². The highest BCUT2D eigenvalue weighted by Crippen LogP contribution is 2.56. The van der Waals surface area contributed by atoms with Crippen molar-refractivity contribution >= 4 is 28.9 Å². The zero-order valence-electron chi connectivity index (χ0n) is 14.4. The lowest BCUT2D eigenvalue weighted by Gasteiger charge is -2.39. The minimum atomic E-state index is -0.153. The van der Waals surface area contributed by atoms with Crippen molar-refractivity contribution in [2.75, 3.05) is 19.5 Å². The van der Waals surface area contributed by atoms with Gasteiger partial charge in [-0.2, -0.15) is 0 Å². The number of halogens is 2. The summed E-state index contributed by atoms with van der Waals surface area (Å²) in [4.78, 5) is 0. The van der Waals surface area contributed by atoms with Crippen molar-refractivity contribution in [1.82, 2.24) is 0 Å². The number of benzene rings is 2. The molecule has 0 amide bonds. The molecule has 2 aromatic carbocycles. The molecule has 2 N–H and O–H groups in total. The monoisotopic (exact) mass is 391 g/mol. The summed E-state index contributed by atoms with van der Waals surface area (Å²) in [6.45, 7) is 0. The first kappa shape index (κ1) is 17.4. The molecule has 0 bridgehead atoms. The van der Waals surface area contributed by atoms with Crippen molar-refractivity contribution in [1.29, 1.82) is 0 Å². The maximum atomic E-state index is 10.6. The van der Waals surface area contributed by atoms with Crippen LogP contribution in [-0.4, -0.2) is 19.3 Å². The summed E-state index contributed by atoms with van der Waals surface area (Å²) in [5, 5.41) is 14.9. The van der Waals surface area contributed by atoms with Crippen LogP contribution in [0.2, 0.25) is 10.0 Å². The molecule has 0 spiro atoms. The second kappa shape index (κ2) is 6.60. The maximum Gasteiger partial charge on any atom is 0.142 e. The Kier molecular flexibility index (Phi) is 4.41. The average molecular weight is 392 g/mol. The van der Waals surface area contributed by atoms with E-state index < -0.39 is 0 Å². The fraction of sp³-hybridized carbons (Fsp3) is 0.300. The number of methoxy groups -OCH3 is 2. The number of phenolic OH excluding ortho intramolecular Hbond substituents is 1. The largest absolute Gasteiger partial charge is 0.506 e. The molecule has 0 radical (unpaired) electrons. The van der Waals surface area contributed by atoms with E-state index in [9.17, 15) is 5.11 Å². The SMILES string of the molecule is COc1ccc(OC)c2c1NC(c1cc(Cl)cc(Cl)c1O)C1CC=CC21. The Labute approximate surface area is 162 Å². The number of phenols is 1. The Bertz CT molecular complexity index is 897. The van der Waals surface area contributed by atoms with Gasteiger partial charge in [0.05, 0.1) is 31.0 Å². The first-order valence-electron chi connectivity index (χ1n) is 8.41. The Hall–Kier alpha value is -2.04. The van der Waals surface area contributed by atoms with E-state index in [0.29, 0.717) is 10.6 Å². The molecule has 136 valence electrons. The van der Waals surface area contributed by atoms with Gasteiger partial charge in [0.15, 0.2) is 0 Å². The molecule has 4 nitrogen and oxygen atoms in total. The van der Waals surface area contributed by atoms with Gasteiger partial charge in [0.25, 0.3) is 0 Å². The summed E-state index contributed by atoms with van der Waals surface area (Å²) in [6.07, 6.45) is 5.25. The normalized spacial score (nSPS) is 23.2. The lowest BCUT2D eigenvalue weighted by molar-refractivity contribution is 0.365. The predicted molar refractivity (Wildman–Crippen MR) is 104 cm³/mol. The zero-order valence-corrected chi connectivity index (χ0v) is 15.9. The van der Waals surface area contributed by atoms with Crippen LogP contribution in [0.5, 0.6) is 17.2 Å². The van der Waals surface area contributed by atoms with Crippen molar-refractivity contribution < 1.29 is 14.6 Å². The van der Waals surface area contributed by atoms with Crippen LogP contribution in [-0.2, 0) is 0 Å². The number of rotatable bonds is 3. The first-order valence-corrected chi connectivity index (χ1v) is 9.16. The van der Waals surface area contributed by atoms with E-state index in [2.05, 4.69) is 17.5 Å². The Morgan fingerprint density at radius 3 is 2.58 bits per heavy atom.